The Morgan fingerprint density at radius 3 is 1.50 bits per heavy atom. The Bertz CT molecular complexity index is 1120. The second kappa shape index (κ2) is 11.7. The SMILES string of the molecule is CCCCCOc1ccc(-c2cc(-c3ccc(OC)cc3)[s+]c(-c3ccc(OC)cc3)c2)cc1. The van der Waals surface area contributed by atoms with Crippen LogP contribution in [0.4, 0.5) is 0 Å². The maximum absolute atomic E-state index is 5.91. The Labute approximate surface area is 206 Å². The van der Waals surface area contributed by atoms with Crippen molar-refractivity contribution in [1.29, 1.82) is 0 Å². The molecule has 0 fully saturated rings. The molecule has 34 heavy (non-hydrogen) atoms. The summed E-state index contributed by atoms with van der Waals surface area (Å²) in [6, 6.07) is 29.4. The lowest BCUT2D eigenvalue weighted by Crippen LogP contribution is -1.96. The quantitative estimate of drug-likeness (QED) is 0.171. The average molecular weight is 472 g/mol. The van der Waals surface area contributed by atoms with E-state index in [4.69, 9.17) is 14.2 Å². The van der Waals surface area contributed by atoms with Crippen LogP contribution in [0.2, 0.25) is 0 Å². The average Bonchev–Trinajstić information content (AvgIpc) is 2.91. The Balaban J connectivity index is 1.69. The van der Waals surface area contributed by atoms with Gasteiger partial charge in [-0.05, 0) is 78.2 Å². The zero-order chi connectivity index (χ0) is 23.8. The third-order valence-corrected chi connectivity index (χ3v) is 6.89. The van der Waals surface area contributed by atoms with E-state index in [1.54, 1.807) is 25.6 Å². The summed E-state index contributed by atoms with van der Waals surface area (Å²) in [5.41, 5.74) is 4.67. The molecule has 0 aliphatic rings. The van der Waals surface area contributed by atoms with Crippen molar-refractivity contribution in [3.63, 3.8) is 0 Å². The molecule has 4 aromatic rings. The van der Waals surface area contributed by atoms with Crippen LogP contribution in [-0.4, -0.2) is 20.8 Å². The second-order valence-electron chi connectivity index (χ2n) is 8.11. The first-order valence-corrected chi connectivity index (χ1v) is 12.5. The fraction of sp³-hybridized carbons (Fsp3) is 0.233. The summed E-state index contributed by atoms with van der Waals surface area (Å²) >= 11 is 1.78. The van der Waals surface area contributed by atoms with E-state index in [2.05, 4.69) is 67.6 Å². The van der Waals surface area contributed by atoms with Gasteiger partial charge in [0.2, 0.25) is 21.1 Å². The van der Waals surface area contributed by atoms with Crippen molar-refractivity contribution in [2.24, 2.45) is 0 Å². The first kappa shape index (κ1) is 23.8. The monoisotopic (exact) mass is 471 g/mol. The van der Waals surface area contributed by atoms with E-state index in [0.29, 0.717) is 0 Å². The van der Waals surface area contributed by atoms with E-state index < -0.39 is 0 Å². The molecule has 0 saturated heterocycles. The molecule has 3 nitrogen and oxygen atoms in total. The molecule has 0 N–H and O–H groups in total. The van der Waals surface area contributed by atoms with Crippen LogP contribution >= 0.6 is 11.3 Å². The van der Waals surface area contributed by atoms with Gasteiger partial charge in [0.15, 0.2) is 0 Å². The van der Waals surface area contributed by atoms with Crippen molar-refractivity contribution in [3.05, 3.63) is 84.9 Å². The number of methoxy groups -OCH3 is 2. The third-order valence-electron chi connectivity index (χ3n) is 5.75. The molecule has 174 valence electrons. The lowest BCUT2D eigenvalue weighted by atomic mass is 10.0. The van der Waals surface area contributed by atoms with Gasteiger partial charge in [-0.25, -0.2) is 0 Å². The van der Waals surface area contributed by atoms with E-state index in [0.717, 1.165) is 30.3 Å². The summed E-state index contributed by atoms with van der Waals surface area (Å²) in [6.45, 7) is 2.97. The van der Waals surface area contributed by atoms with Crippen molar-refractivity contribution in [3.8, 4) is 49.3 Å². The van der Waals surface area contributed by atoms with Crippen molar-refractivity contribution >= 4 is 11.3 Å². The van der Waals surface area contributed by atoms with Gasteiger partial charge in [0, 0.05) is 23.3 Å². The summed E-state index contributed by atoms with van der Waals surface area (Å²) < 4.78 is 16.6. The molecule has 0 aliphatic heterocycles. The number of rotatable bonds is 10. The third kappa shape index (κ3) is 5.95. The number of unbranched alkanes of at least 4 members (excludes halogenated alkanes) is 2. The van der Waals surface area contributed by atoms with Gasteiger partial charge < -0.3 is 14.2 Å². The fourth-order valence-corrected chi connectivity index (χ4v) is 4.87. The van der Waals surface area contributed by atoms with Crippen LogP contribution in [0.15, 0.2) is 84.9 Å². The Morgan fingerprint density at radius 2 is 1.03 bits per heavy atom. The Morgan fingerprint density at radius 1 is 0.559 bits per heavy atom. The largest absolute Gasteiger partial charge is 0.497 e. The summed E-state index contributed by atoms with van der Waals surface area (Å²) in [7, 11) is 3.38. The maximum atomic E-state index is 5.91. The molecule has 4 heteroatoms. The number of hydrogen-bond donors (Lipinski definition) is 0. The Kier molecular flexibility index (Phi) is 8.16. The van der Waals surface area contributed by atoms with Gasteiger partial charge in [-0.2, -0.15) is 0 Å². The number of benzene rings is 3. The van der Waals surface area contributed by atoms with Crippen molar-refractivity contribution in [2.75, 3.05) is 20.8 Å². The minimum Gasteiger partial charge on any atom is -0.497 e. The molecule has 0 saturated carbocycles. The normalized spacial score (nSPS) is 10.7. The zero-order valence-corrected chi connectivity index (χ0v) is 20.9. The molecule has 0 spiro atoms. The molecule has 0 bridgehead atoms. The predicted molar refractivity (Wildman–Crippen MR) is 143 cm³/mol. The van der Waals surface area contributed by atoms with Crippen LogP contribution in [0, 0.1) is 0 Å². The minimum absolute atomic E-state index is 0.767. The van der Waals surface area contributed by atoms with Gasteiger partial charge in [-0.1, -0.05) is 31.9 Å². The highest BCUT2D eigenvalue weighted by atomic mass is 32.1. The number of ether oxygens (including phenoxy) is 3. The number of hydrogen-bond acceptors (Lipinski definition) is 3. The summed E-state index contributed by atoms with van der Waals surface area (Å²) in [6.07, 6.45) is 3.49. The van der Waals surface area contributed by atoms with E-state index in [1.165, 1.54) is 44.8 Å². The molecule has 0 radical (unpaired) electrons. The van der Waals surface area contributed by atoms with E-state index in [9.17, 15) is 0 Å². The summed E-state index contributed by atoms with van der Waals surface area (Å²) in [5.74, 6) is 2.63. The van der Waals surface area contributed by atoms with E-state index in [1.807, 2.05) is 24.3 Å². The maximum Gasteiger partial charge on any atom is 0.239 e. The molecule has 1 heterocycles. The zero-order valence-electron chi connectivity index (χ0n) is 20.0. The van der Waals surface area contributed by atoms with Gasteiger partial charge in [-0.15, -0.1) is 0 Å². The van der Waals surface area contributed by atoms with Gasteiger partial charge in [0.1, 0.15) is 17.2 Å². The van der Waals surface area contributed by atoms with Gasteiger partial charge >= 0.3 is 0 Å². The highest BCUT2D eigenvalue weighted by Crippen LogP contribution is 2.38. The van der Waals surface area contributed by atoms with Crippen molar-refractivity contribution < 1.29 is 14.2 Å². The van der Waals surface area contributed by atoms with Gasteiger partial charge in [0.25, 0.3) is 0 Å². The van der Waals surface area contributed by atoms with Crippen LogP contribution in [0.5, 0.6) is 17.2 Å². The van der Waals surface area contributed by atoms with E-state index >= 15 is 0 Å². The molecule has 3 aromatic carbocycles. The van der Waals surface area contributed by atoms with Gasteiger partial charge in [0.05, 0.1) is 20.8 Å². The molecular weight excluding hydrogens is 440 g/mol. The van der Waals surface area contributed by atoms with Gasteiger partial charge in [-0.3, -0.25) is 0 Å². The van der Waals surface area contributed by atoms with E-state index in [-0.39, 0.29) is 0 Å². The highest BCUT2D eigenvalue weighted by molar-refractivity contribution is 7.18. The lowest BCUT2D eigenvalue weighted by Gasteiger charge is -2.08. The van der Waals surface area contributed by atoms with Crippen LogP contribution in [0.25, 0.3) is 32.0 Å². The van der Waals surface area contributed by atoms with Crippen LogP contribution in [-0.2, 0) is 0 Å². The standard InChI is InChI=1S/C30H31O3S/c1-4-5-6-19-33-28-17-7-22(8-18-28)25-20-29(23-9-13-26(31-2)14-10-23)34-30(21-25)24-11-15-27(32-3)16-12-24/h7-18,20-21H,4-6,19H2,1-3H3/q+1. The first-order chi connectivity index (χ1) is 16.7. The Hall–Kier alpha value is -3.37. The predicted octanol–water partition coefficient (Wildman–Crippen LogP) is 8.62. The van der Waals surface area contributed by atoms with Crippen LogP contribution < -0.4 is 14.2 Å². The minimum atomic E-state index is 0.767. The summed E-state index contributed by atoms with van der Waals surface area (Å²) in [4.78, 5) is 2.40. The molecule has 0 unspecified atom stereocenters. The molecule has 1 aromatic heterocycles. The molecule has 0 aliphatic carbocycles. The molecule has 0 atom stereocenters. The first-order valence-electron chi connectivity index (χ1n) is 11.7. The summed E-state index contributed by atoms with van der Waals surface area (Å²) in [5, 5.41) is 0. The molecular formula is C30H31O3S+. The lowest BCUT2D eigenvalue weighted by molar-refractivity contribution is 0.306. The second-order valence-corrected chi connectivity index (χ2v) is 9.20. The molecule has 4 rings (SSSR count). The van der Waals surface area contributed by atoms with Crippen molar-refractivity contribution in [1.82, 2.24) is 0 Å². The van der Waals surface area contributed by atoms with Crippen LogP contribution in [0.3, 0.4) is 0 Å². The van der Waals surface area contributed by atoms with Crippen LogP contribution in [0.1, 0.15) is 26.2 Å². The smallest absolute Gasteiger partial charge is 0.239 e. The van der Waals surface area contributed by atoms with Crippen molar-refractivity contribution in [2.45, 2.75) is 26.2 Å². The topological polar surface area (TPSA) is 27.7 Å². The highest BCUT2D eigenvalue weighted by Gasteiger charge is 2.19. The fourth-order valence-electron chi connectivity index (χ4n) is 3.75. The molecule has 0 amide bonds.